The summed E-state index contributed by atoms with van der Waals surface area (Å²) in [4.78, 5) is 25.9. The summed E-state index contributed by atoms with van der Waals surface area (Å²) in [7, 11) is 0. The fourth-order valence-corrected chi connectivity index (χ4v) is 4.11. The van der Waals surface area contributed by atoms with E-state index in [0.29, 0.717) is 4.88 Å². The molecule has 0 unspecified atom stereocenters. The highest BCUT2D eigenvalue weighted by atomic mass is 32.1. The molecule has 128 valence electrons. The highest BCUT2D eigenvalue weighted by Gasteiger charge is 2.23. The lowest BCUT2D eigenvalue weighted by Gasteiger charge is -2.19. The number of ether oxygens (including phenoxy) is 1. The second-order valence-electron chi connectivity index (χ2n) is 6.23. The van der Waals surface area contributed by atoms with Crippen molar-refractivity contribution >= 4 is 23.2 Å². The molecule has 0 bridgehead atoms. The summed E-state index contributed by atoms with van der Waals surface area (Å²) in [6.07, 6.45) is 6.27. The van der Waals surface area contributed by atoms with E-state index < -0.39 is 0 Å². The van der Waals surface area contributed by atoms with Crippen molar-refractivity contribution in [3.05, 3.63) is 21.4 Å². The van der Waals surface area contributed by atoms with Gasteiger partial charge in [0.2, 0.25) is 0 Å². The van der Waals surface area contributed by atoms with Crippen molar-refractivity contribution in [1.29, 1.82) is 0 Å². The zero-order valence-corrected chi connectivity index (χ0v) is 15.1. The van der Waals surface area contributed by atoms with Crippen LogP contribution >= 0.6 is 11.3 Å². The van der Waals surface area contributed by atoms with Crippen LogP contribution in [-0.4, -0.2) is 24.5 Å². The van der Waals surface area contributed by atoms with Crippen molar-refractivity contribution in [2.24, 2.45) is 5.92 Å². The standard InChI is InChI=1S/C18H27NO3S/c1-4-12-7-8-15-13(9-12)10-16(23-15)18(21)22-11-17(20)19-14(5-2)6-3/h10,12,14H,4-9,11H2,1-3H3,(H,19,20)/t12-/m0/s1. The number of amides is 1. The van der Waals surface area contributed by atoms with E-state index in [0.717, 1.165) is 31.6 Å². The lowest BCUT2D eigenvalue weighted by Crippen LogP contribution is -2.36. The number of hydrogen-bond donors (Lipinski definition) is 1. The van der Waals surface area contributed by atoms with E-state index in [1.807, 2.05) is 19.9 Å². The molecule has 1 amide bonds. The molecule has 1 aromatic heterocycles. The molecule has 1 aromatic rings. The van der Waals surface area contributed by atoms with Gasteiger partial charge >= 0.3 is 5.97 Å². The van der Waals surface area contributed by atoms with E-state index in [9.17, 15) is 9.59 Å². The average Bonchev–Trinajstić information content (AvgIpc) is 3.00. The molecule has 0 spiro atoms. The number of rotatable bonds is 7. The Balaban J connectivity index is 1.87. The van der Waals surface area contributed by atoms with Crippen molar-refractivity contribution in [2.45, 2.75) is 65.3 Å². The number of hydrogen-bond acceptors (Lipinski definition) is 4. The molecule has 0 saturated carbocycles. The first-order valence-electron chi connectivity index (χ1n) is 8.65. The number of carbonyl (C=O) groups is 2. The van der Waals surface area contributed by atoms with Gasteiger partial charge in [-0.05, 0) is 49.7 Å². The van der Waals surface area contributed by atoms with Crippen molar-refractivity contribution in [3.63, 3.8) is 0 Å². The Kier molecular flexibility index (Phi) is 6.63. The fourth-order valence-electron chi connectivity index (χ4n) is 3.01. The fraction of sp³-hybridized carbons (Fsp3) is 0.667. The van der Waals surface area contributed by atoms with E-state index in [2.05, 4.69) is 12.2 Å². The zero-order valence-electron chi connectivity index (χ0n) is 14.3. The monoisotopic (exact) mass is 337 g/mol. The smallest absolute Gasteiger partial charge is 0.348 e. The third kappa shape index (κ3) is 4.80. The first-order valence-corrected chi connectivity index (χ1v) is 9.47. The van der Waals surface area contributed by atoms with Crippen LogP contribution in [-0.2, 0) is 22.4 Å². The molecule has 1 heterocycles. The van der Waals surface area contributed by atoms with Gasteiger partial charge in [-0.15, -0.1) is 11.3 Å². The number of carbonyl (C=O) groups excluding carboxylic acids is 2. The number of esters is 1. The predicted molar refractivity (Wildman–Crippen MR) is 92.9 cm³/mol. The number of fused-ring (bicyclic) bond motifs is 1. The molecule has 5 heteroatoms. The summed E-state index contributed by atoms with van der Waals surface area (Å²) >= 11 is 1.52. The normalized spacial score (nSPS) is 17.0. The third-order valence-corrected chi connectivity index (χ3v) is 5.87. The maximum atomic E-state index is 12.2. The minimum Gasteiger partial charge on any atom is -0.451 e. The number of aryl methyl sites for hydroxylation is 1. The van der Waals surface area contributed by atoms with Gasteiger partial charge in [0.15, 0.2) is 6.61 Å². The van der Waals surface area contributed by atoms with Crippen LogP contribution in [0.2, 0.25) is 0 Å². The maximum Gasteiger partial charge on any atom is 0.348 e. The second-order valence-corrected chi connectivity index (χ2v) is 7.37. The zero-order chi connectivity index (χ0) is 16.8. The SMILES string of the molecule is CCC(CC)NC(=O)COC(=O)c1cc2c(s1)CC[C@H](CC)C2. The lowest BCUT2D eigenvalue weighted by atomic mass is 9.87. The van der Waals surface area contributed by atoms with Crippen LogP contribution in [0.1, 0.15) is 66.6 Å². The van der Waals surface area contributed by atoms with Gasteiger partial charge in [-0.25, -0.2) is 4.79 Å². The highest BCUT2D eigenvalue weighted by molar-refractivity contribution is 7.14. The average molecular weight is 337 g/mol. The molecule has 0 fully saturated rings. The van der Waals surface area contributed by atoms with Gasteiger partial charge in [-0.2, -0.15) is 0 Å². The molecule has 23 heavy (non-hydrogen) atoms. The van der Waals surface area contributed by atoms with E-state index in [1.165, 1.54) is 34.6 Å². The van der Waals surface area contributed by atoms with Crippen molar-refractivity contribution in [2.75, 3.05) is 6.61 Å². The molecule has 4 nitrogen and oxygen atoms in total. The molecule has 0 aliphatic heterocycles. The molecule has 1 atom stereocenters. The van der Waals surface area contributed by atoms with Crippen LogP contribution in [0, 0.1) is 5.92 Å². The Morgan fingerprint density at radius 2 is 2.09 bits per heavy atom. The summed E-state index contributed by atoms with van der Waals surface area (Å²) < 4.78 is 5.17. The van der Waals surface area contributed by atoms with Crippen molar-refractivity contribution in [3.8, 4) is 0 Å². The van der Waals surface area contributed by atoms with Gasteiger partial charge in [-0.3, -0.25) is 4.79 Å². The molecular weight excluding hydrogens is 310 g/mol. The van der Waals surface area contributed by atoms with Crippen molar-refractivity contribution in [1.82, 2.24) is 5.32 Å². The van der Waals surface area contributed by atoms with Crippen LogP contribution in [0.5, 0.6) is 0 Å². The Labute approximate surface area is 142 Å². The Hall–Kier alpha value is -1.36. The first-order chi connectivity index (χ1) is 11.1. The van der Waals surface area contributed by atoms with E-state index in [1.54, 1.807) is 0 Å². The molecule has 0 saturated heterocycles. The van der Waals surface area contributed by atoms with Gasteiger partial charge in [-0.1, -0.05) is 27.2 Å². The van der Waals surface area contributed by atoms with Gasteiger partial charge in [0.1, 0.15) is 4.88 Å². The molecular formula is C18H27NO3S. The number of thiophene rings is 1. The Morgan fingerprint density at radius 3 is 2.74 bits per heavy atom. The predicted octanol–water partition coefficient (Wildman–Crippen LogP) is 3.72. The quantitative estimate of drug-likeness (QED) is 0.771. The summed E-state index contributed by atoms with van der Waals surface area (Å²) in [5.41, 5.74) is 1.29. The maximum absolute atomic E-state index is 12.2. The molecule has 0 radical (unpaired) electrons. The van der Waals surface area contributed by atoms with Gasteiger partial charge < -0.3 is 10.1 Å². The minimum absolute atomic E-state index is 0.154. The first kappa shape index (κ1) is 18.0. The van der Waals surface area contributed by atoms with E-state index in [4.69, 9.17) is 4.74 Å². The van der Waals surface area contributed by atoms with E-state index >= 15 is 0 Å². The second kappa shape index (κ2) is 8.48. The van der Waals surface area contributed by atoms with Crippen LogP contribution in [0.25, 0.3) is 0 Å². The highest BCUT2D eigenvalue weighted by Crippen LogP contribution is 2.33. The van der Waals surface area contributed by atoms with Crippen LogP contribution < -0.4 is 5.32 Å². The summed E-state index contributed by atoms with van der Waals surface area (Å²) in [5, 5.41) is 2.87. The molecule has 2 rings (SSSR count). The molecule has 1 aliphatic carbocycles. The Morgan fingerprint density at radius 1 is 1.35 bits per heavy atom. The molecule has 1 N–H and O–H groups in total. The summed E-state index contributed by atoms with van der Waals surface area (Å²) in [6, 6.07) is 2.12. The van der Waals surface area contributed by atoms with Crippen LogP contribution in [0.15, 0.2) is 6.07 Å². The third-order valence-electron chi connectivity index (χ3n) is 4.65. The van der Waals surface area contributed by atoms with Gasteiger partial charge in [0.05, 0.1) is 0 Å². The van der Waals surface area contributed by atoms with Crippen LogP contribution in [0.4, 0.5) is 0 Å². The summed E-state index contributed by atoms with van der Waals surface area (Å²) in [6.45, 7) is 6.07. The number of nitrogens with one attached hydrogen (secondary N) is 1. The minimum atomic E-state index is -0.378. The van der Waals surface area contributed by atoms with Crippen LogP contribution in [0.3, 0.4) is 0 Å². The Bertz CT molecular complexity index is 548. The van der Waals surface area contributed by atoms with Crippen molar-refractivity contribution < 1.29 is 14.3 Å². The van der Waals surface area contributed by atoms with Gasteiger partial charge in [0, 0.05) is 10.9 Å². The molecule has 0 aromatic carbocycles. The van der Waals surface area contributed by atoms with E-state index in [-0.39, 0.29) is 24.5 Å². The lowest BCUT2D eigenvalue weighted by molar-refractivity contribution is -0.125. The topological polar surface area (TPSA) is 55.4 Å². The van der Waals surface area contributed by atoms with Gasteiger partial charge in [0.25, 0.3) is 5.91 Å². The summed E-state index contributed by atoms with van der Waals surface area (Å²) in [5.74, 6) is 0.128. The largest absolute Gasteiger partial charge is 0.451 e. The molecule has 1 aliphatic rings.